The van der Waals surface area contributed by atoms with Gasteiger partial charge in [0.05, 0.1) is 12.8 Å². The Morgan fingerprint density at radius 2 is 2.10 bits per heavy atom. The quantitative estimate of drug-likeness (QED) is 0.883. The zero-order chi connectivity index (χ0) is 14.7. The fourth-order valence-electron chi connectivity index (χ4n) is 2.23. The molecular weight excluding hydrogens is 257 g/mol. The molecule has 0 aliphatic carbocycles. The van der Waals surface area contributed by atoms with Crippen molar-refractivity contribution >= 4 is 0 Å². The summed E-state index contributed by atoms with van der Waals surface area (Å²) in [6.07, 6.45) is 0. The van der Waals surface area contributed by atoms with Crippen molar-refractivity contribution in [3.8, 4) is 5.75 Å². The zero-order valence-corrected chi connectivity index (χ0v) is 12.0. The molecule has 2 aromatic rings. The smallest absolute Gasteiger partial charge is 0.123 e. The highest BCUT2D eigenvalue weighted by Gasteiger charge is 2.20. The number of benzene rings is 1. The molecule has 5 heteroatoms. The van der Waals surface area contributed by atoms with E-state index in [1.807, 2.05) is 6.07 Å². The van der Waals surface area contributed by atoms with Crippen molar-refractivity contribution in [1.82, 2.24) is 10.2 Å². The number of hydrogen-bond acceptors (Lipinski definition) is 3. The van der Waals surface area contributed by atoms with E-state index < -0.39 is 0 Å². The number of nitrogens with two attached hydrogens (primary N) is 1. The van der Waals surface area contributed by atoms with Crippen LogP contribution in [0.4, 0.5) is 4.39 Å². The van der Waals surface area contributed by atoms with Crippen LogP contribution in [0.3, 0.4) is 0 Å². The lowest BCUT2D eigenvalue weighted by Crippen LogP contribution is -2.15. The highest BCUT2D eigenvalue weighted by molar-refractivity contribution is 5.41. The number of aromatic amines is 1. The Balaban J connectivity index is 2.43. The number of aromatic nitrogens is 2. The van der Waals surface area contributed by atoms with Crippen molar-refractivity contribution in [2.24, 2.45) is 5.73 Å². The van der Waals surface area contributed by atoms with E-state index >= 15 is 0 Å². The van der Waals surface area contributed by atoms with E-state index in [1.165, 1.54) is 12.1 Å². The van der Waals surface area contributed by atoms with Crippen molar-refractivity contribution in [2.75, 3.05) is 13.7 Å². The molecule has 0 radical (unpaired) electrons. The average Bonchev–Trinajstić information content (AvgIpc) is 2.90. The normalized spacial score (nSPS) is 12.7. The van der Waals surface area contributed by atoms with Crippen LogP contribution in [0.5, 0.6) is 5.75 Å². The van der Waals surface area contributed by atoms with Gasteiger partial charge in [0.15, 0.2) is 0 Å². The highest BCUT2D eigenvalue weighted by atomic mass is 19.1. The predicted octanol–water partition coefficient (Wildman–Crippen LogP) is 2.77. The Morgan fingerprint density at radius 1 is 1.35 bits per heavy atom. The number of nitrogens with one attached hydrogen (secondary N) is 1. The summed E-state index contributed by atoms with van der Waals surface area (Å²) in [5.41, 5.74) is 8.44. The average molecular weight is 277 g/mol. The summed E-state index contributed by atoms with van der Waals surface area (Å²) in [7, 11) is 1.57. The van der Waals surface area contributed by atoms with Gasteiger partial charge in [-0.1, -0.05) is 13.8 Å². The number of halogens is 1. The van der Waals surface area contributed by atoms with E-state index in [0.717, 1.165) is 17.0 Å². The first-order chi connectivity index (χ1) is 9.56. The van der Waals surface area contributed by atoms with Crippen LogP contribution in [-0.4, -0.2) is 23.9 Å². The molecule has 2 rings (SSSR count). The monoisotopic (exact) mass is 277 g/mol. The number of nitrogens with zero attached hydrogens (tertiary/aromatic N) is 1. The third kappa shape index (κ3) is 2.82. The van der Waals surface area contributed by atoms with Gasteiger partial charge in [0.25, 0.3) is 0 Å². The molecule has 0 spiro atoms. The molecule has 0 aliphatic heterocycles. The number of rotatable bonds is 5. The summed E-state index contributed by atoms with van der Waals surface area (Å²) in [6, 6.07) is 6.44. The number of methoxy groups -OCH3 is 1. The topological polar surface area (TPSA) is 63.9 Å². The molecule has 108 valence electrons. The van der Waals surface area contributed by atoms with Crippen LogP contribution < -0.4 is 10.5 Å². The van der Waals surface area contributed by atoms with Crippen LogP contribution in [0, 0.1) is 5.82 Å². The minimum Gasteiger partial charge on any atom is -0.496 e. The van der Waals surface area contributed by atoms with E-state index in [9.17, 15) is 4.39 Å². The third-order valence-corrected chi connectivity index (χ3v) is 3.39. The van der Waals surface area contributed by atoms with Crippen molar-refractivity contribution in [1.29, 1.82) is 0 Å². The Bertz CT molecular complexity index is 580. The first kappa shape index (κ1) is 14.5. The maximum absolute atomic E-state index is 13.5. The van der Waals surface area contributed by atoms with Crippen LogP contribution in [-0.2, 0) is 0 Å². The number of H-pyrrole nitrogens is 1. The van der Waals surface area contributed by atoms with Gasteiger partial charge in [-0.3, -0.25) is 5.10 Å². The van der Waals surface area contributed by atoms with Crippen LogP contribution in [0.1, 0.15) is 42.6 Å². The maximum atomic E-state index is 13.5. The molecule has 4 nitrogen and oxygen atoms in total. The Kier molecular flexibility index (Phi) is 4.39. The lowest BCUT2D eigenvalue weighted by molar-refractivity contribution is 0.406. The number of ether oxygens (including phenoxy) is 1. The summed E-state index contributed by atoms with van der Waals surface area (Å²) in [6.45, 7) is 4.49. The van der Waals surface area contributed by atoms with Gasteiger partial charge in [-0.05, 0) is 30.2 Å². The lowest BCUT2D eigenvalue weighted by Gasteiger charge is -2.17. The van der Waals surface area contributed by atoms with Gasteiger partial charge in [-0.25, -0.2) is 4.39 Å². The molecule has 0 amide bonds. The largest absolute Gasteiger partial charge is 0.496 e. The van der Waals surface area contributed by atoms with Crippen molar-refractivity contribution < 1.29 is 9.13 Å². The van der Waals surface area contributed by atoms with Crippen molar-refractivity contribution in [2.45, 2.75) is 25.7 Å². The second-order valence-corrected chi connectivity index (χ2v) is 5.08. The minimum atomic E-state index is -0.303. The van der Waals surface area contributed by atoms with Crippen molar-refractivity contribution in [3.63, 3.8) is 0 Å². The van der Waals surface area contributed by atoms with E-state index in [2.05, 4.69) is 24.0 Å². The highest BCUT2D eigenvalue weighted by Crippen LogP contribution is 2.31. The standard InChI is InChI=1S/C15H20FN3O/c1-9(2)13-7-14(19-18-13)12(8-17)11-6-10(16)4-5-15(11)20-3/h4-7,9,12H,8,17H2,1-3H3,(H,18,19). The van der Waals surface area contributed by atoms with Gasteiger partial charge < -0.3 is 10.5 Å². The first-order valence-corrected chi connectivity index (χ1v) is 6.65. The van der Waals surface area contributed by atoms with E-state index in [4.69, 9.17) is 10.5 Å². The fourth-order valence-corrected chi connectivity index (χ4v) is 2.23. The predicted molar refractivity (Wildman–Crippen MR) is 76.5 cm³/mol. The second kappa shape index (κ2) is 6.05. The van der Waals surface area contributed by atoms with Crippen LogP contribution in [0.2, 0.25) is 0 Å². The Labute approximate surface area is 118 Å². The molecule has 0 aliphatic rings. The molecule has 1 unspecified atom stereocenters. The third-order valence-electron chi connectivity index (χ3n) is 3.39. The maximum Gasteiger partial charge on any atom is 0.123 e. The van der Waals surface area contributed by atoms with Gasteiger partial charge in [-0.2, -0.15) is 5.10 Å². The Morgan fingerprint density at radius 3 is 2.65 bits per heavy atom. The number of hydrogen-bond donors (Lipinski definition) is 2. The van der Waals surface area contributed by atoms with Crippen LogP contribution in [0.15, 0.2) is 24.3 Å². The molecule has 1 aromatic heterocycles. The van der Waals surface area contributed by atoms with Gasteiger partial charge >= 0.3 is 0 Å². The zero-order valence-electron chi connectivity index (χ0n) is 12.0. The van der Waals surface area contributed by atoms with Crippen molar-refractivity contribution in [3.05, 3.63) is 47.0 Å². The lowest BCUT2D eigenvalue weighted by atomic mass is 9.94. The second-order valence-electron chi connectivity index (χ2n) is 5.08. The van der Waals surface area contributed by atoms with Crippen LogP contribution >= 0.6 is 0 Å². The molecule has 0 saturated carbocycles. The molecule has 1 aromatic carbocycles. The molecule has 0 fully saturated rings. The van der Waals surface area contributed by atoms with E-state index in [0.29, 0.717) is 18.2 Å². The molecule has 3 N–H and O–H groups in total. The molecular formula is C15H20FN3O. The minimum absolute atomic E-state index is 0.166. The summed E-state index contributed by atoms with van der Waals surface area (Å²) in [4.78, 5) is 0. The van der Waals surface area contributed by atoms with Crippen LogP contribution in [0.25, 0.3) is 0 Å². The SMILES string of the molecule is COc1ccc(F)cc1C(CN)c1cc(C(C)C)n[nH]1. The Hall–Kier alpha value is -1.88. The first-order valence-electron chi connectivity index (χ1n) is 6.65. The molecule has 0 bridgehead atoms. The summed E-state index contributed by atoms with van der Waals surface area (Å²) >= 11 is 0. The molecule has 1 atom stereocenters. The van der Waals surface area contributed by atoms with Gasteiger partial charge in [0.1, 0.15) is 11.6 Å². The molecule has 20 heavy (non-hydrogen) atoms. The van der Waals surface area contributed by atoms with E-state index in [1.54, 1.807) is 13.2 Å². The fraction of sp³-hybridized carbons (Fsp3) is 0.400. The molecule has 1 heterocycles. The van der Waals surface area contributed by atoms with Gasteiger partial charge in [0, 0.05) is 23.7 Å². The van der Waals surface area contributed by atoms with Gasteiger partial charge in [-0.15, -0.1) is 0 Å². The summed E-state index contributed by atoms with van der Waals surface area (Å²) in [5, 5.41) is 7.27. The van der Waals surface area contributed by atoms with E-state index in [-0.39, 0.29) is 11.7 Å². The molecule has 0 saturated heterocycles. The van der Waals surface area contributed by atoms with Gasteiger partial charge in [0.2, 0.25) is 0 Å². The summed E-state index contributed by atoms with van der Waals surface area (Å²) in [5.74, 6) is 0.485. The summed E-state index contributed by atoms with van der Waals surface area (Å²) < 4.78 is 18.8.